The van der Waals surface area contributed by atoms with Gasteiger partial charge in [-0.05, 0) is 12.5 Å². The third-order valence-electron chi connectivity index (χ3n) is 2.69. The van der Waals surface area contributed by atoms with Gasteiger partial charge >= 0.3 is 0 Å². The van der Waals surface area contributed by atoms with Gasteiger partial charge in [-0.2, -0.15) is 5.10 Å². The van der Waals surface area contributed by atoms with Crippen LogP contribution in [-0.2, 0) is 6.54 Å². The van der Waals surface area contributed by atoms with Crippen LogP contribution >= 0.6 is 11.3 Å². The maximum absolute atomic E-state index is 12.1. The molecule has 2 aromatic heterocycles. The second kappa shape index (κ2) is 6.57. The predicted molar refractivity (Wildman–Crippen MR) is 80.7 cm³/mol. The molecule has 0 bridgehead atoms. The molecule has 0 fully saturated rings. The Morgan fingerprint density at radius 1 is 1.38 bits per heavy atom. The minimum atomic E-state index is -0.397. The number of hydrogen-bond acceptors (Lipinski definition) is 6. The number of aryl methyl sites for hydroxylation is 1. The fourth-order valence-electron chi connectivity index (χ4n) is 1.62. The lowest BCUT2D eigenvalue weighted by Crippen LogP contribution is -2.26. The van der Waals surface area contributed by atoms with Gasteiger partial charge < -0.3 is 0 Å². The van der Waals surface area contributed by atoms with Crippen molar-refractivity contribution in [3.8, 4) is 0 Å². The van der Waals surface area contributed by atoms with E-state index >= 15 is 0 Å². The topological polar surface area (TPSA) is 89.8 Å². The molecule has 21 heavy (non-hydrogen) atoms. The normalized spacial score (nSPS) is 10.9. The molecule has 0 unspecified atom stereocenters. The number of aromatic nitrogens is 4. The van der Waals surface area contributed by atoms with Crippen molar-refractivity contribution in [2.24, 2.45) is 0 Å². The molecule has 7 nitrogen and oxygen atoms in total. The first-order valence-corrected chi connectivity index (χ1v) is 7.55. The lowest BCUT2D eigenvalue weighted by atomic mass is 10.2. The van der Waals surface area contributed by atoms with Crippen molar-refractivity contribution >= 4 is 22.4 Å². The second-order valence-electron chi connectivity index (χ2n) is 4.83. The highest BCUT2D eigenvalue weighted by Crippen LogP contribution is 2.22. The Morgan fingerprint density at radius 3 is 2.76 bits per heavy atom. The predicted octanol–water partition coefficient (Wildman–Crippen LogP) is 1.88. The van der Waals surface area contributed by atoms with E-state index in [1.165, 1.54) is 28.2 Å². The lowest BCUT2D eigenvalue weighted by molar-refractivity contribution is 0.101. The summed E-state index contributed by atoms with van der Waals surface area (Å²) in [4.78, 5) is 23.7. The summed E-state index contributed by atoms with van der Waals surface area (Å²) < 4.78 is 1.29. The summed E-state index contributed by atoms with van der Waals surface area (Å²) in [5.41, 5.74) is -0.0317. The van der Waals surface area contributed by atoms with Crippen molar-refractivity contribution in [2.75, 3.05) is 5.32 Å². The molecule has 0 saturated carbocycles. The molecule has 2 aromatic rings. The van der Waals surface area contributed by atoms with E-state index in [1.54, 1.807) is 0 Å². The third kappa shape index (κ3) is 3.72. The van der Waals surface area contributed by atoms with Gasteiger partial charge in [0.25, 0.3) is 11.5 Å². The van der Waals surface area contributed by atoms with E-state index < -0.39 is 5.91 Å². The van der Waals surface area contributed by atoms with Gasteiger partial charge in [-0.25, -0.2) is 4.68 Å². The second-order valence-corrected chi connectivity index (χ2v) is 5.84. The summed E-state index contributed by atoms with van der Waals surface area (Å²) in [6.45, 7) is 6.44. The molecule has 0 aliphatic carbocycles. The van der Waals surface area contributed by atoms with E-state index in [-0.39, 0.29) is 17.2 Å². The lowest BCUT2D eigenvalue weighted by Gasteiger charge is -2.05. The molecule has 112 valence electrons. The molecule has 8 heteroatoms. The zero-order valence-corrected chi connectivity index (χ0v) is 13.0. The fourth-order valence-corrected chi connectivity index (χ4v) is 2.36. The summed E-state index contributed by atoms with van der Waals surface area (Å²) in [6, 6.07) is 2.76. The Bertz CT molecular complexity index is 692. The maximum atomic E-state index is 12.1. The number of nitrogens with one attached hydrogen (secondary N) is 1. The van der Waals surface area contributed by atoms with Crippen LogP contribution in [-0.4, -0.2) is 25.9 Å². The van der Waals surface area contributed by atoms with Crippen LogP contribution in [0.4, 0.5) is 5.13 Å². The highest BCUT2D eigenvalue weighted by molar-refractivity contribution is 7.15. The smallest absolute Gasteiger partial charge is 0.277 e. The summed E-state index contributed by atoms with van der Waals surface area (Å²) in [6.07, 6.45) is 0.770. The Labute approximate surface area is 126 Å². The van der Waals surface area contributed by atoms with E-state index in [9.17, 15) is 9.59 Å². The highest BCUT2D eigenvalue weighted by Gasteiger charge is 2.13. The Hall–Kier alpha value is -2.09. The number of nitrogens with zero attached hydrogens (tertiary/aromatic N) is 4. The molecule has 0 saturated heterocycles. The monoisotopic (exact) mass is 307 g/mol. The van der Waals surface area contributed by atoms with Crippen LogP contribution in [0.5, 0.6) is 0 Å². The Kier molecular flexibility index (Phi) is 4.79. The number of carbonyl (C=O) groups excluding carboxylic acids is 1. The highest BCUT2D eigenvalue weighted by atomic mass is 32.1. The summed E-state index contributed by atoms with van der Waals surface area (Å²) in [7, 11) is 0. The van der Waals surface area contributed by atoms with E-state index in [0.717, 1.165) is 11.4 Å². The van der Waals surface area contributed by atoms with Gasteiger partial charge in [-0.1, -0.05) is 32.1 Å². The van der Waals surface area contributed by atoms with Crippen molar-refractivity contribution in [1.29, 1.82) is 0 Å². The maximum Gasteiger partial charge on any atom is 0.277 e. The van der Waals surface area contributed by atoms with Gasteiger partial charge in [-0.3, -0.25) is 14.9 Å². The SMILES string of the molecule is CCCn1nc(C(=O)Nc2nnc(C(C)C)s2)ccc1=O. The molecular weight excluding hydrogens is 290 g/mol. The third-order valence-corrected chi connectivity index (χ3v) is 3.83. The Balaban J connectivity index is 2.16. The van der Waals surface area contributed by atoms with Crippen LogP contribution in [0.25, 0.3) is 0 Å². The molecular formula is C13H17N5O2S. The molecule has 1 amide bonds. The van der Waals surface area contributed by atoms with E-state index in [2.05, 4.69) is 20.6 Å². The molecule has 0 radical (unpaired) electrons. The summed E-state index contributed by atoms with van der Waals surface area (Å²) >= 11 is 1.33. The van der Waals surface area contributed by atoms with Crippen LogP contribution in [0.3, 0.4) is 0 Å². The number of rotatable bonds is 5. The molecule has 2 rings (SSSR count). The minimum absolute atomic E-state index is 0.185. The standard InChI is InChI=1S/C13H17N5O2S/c1-4-7-18-10(19)6-5-9(17-18)11(20)14-13-16-15-12(21-13)8(2)3/h5-6,8H,4,7H2,1-3H3,(H,14,16,20). The van der Waals surface area contributed by atoms with Crippen LogP contribution in [0.1, 0.15) is 48.6 Å². The van der Waals surface area contributed by atoms with E-state index in [4.69, 9.17) is 0 Å². The first-order chi connectivity index (χ1) is 10.0. The van der Waals surface area contributed by atoms with Crippen molar-refractivity contribution in [3.05, 3.63) is 33.2 Å². The van der Waals surface area contributed by atoms with Crippen LogP contribution in [0, 0.1) is 0 Å². The molecule has 2 heterocycles. The molecule has 0 aliphatic rings. The van der Waals surface area contributed by atoms with E-state index in [1.807, 2.05) is 20.8 Å². The number of carbonyl (C=O) groups is 1. The van der Waals surface area contributed by atoms with Gasteiger partial charge in [0, 0.05) is 18.5 Å². The first-order valence-electron chi connectivity index (χ1n) is 6.74. The fraction of sp³-hybridized carbons (Fsp3) is 0.462. The average Bonchev–Trinajstić information content (AvgIpc) is 2.90. The van der Waals surface area contributed by atoms with Gasteiger partial charge in [0.2, 0.25) is 5.13 Å². The van der Waals surface area contributed by atoms with E-state index in [0.29, 0.717) is 11.7 Å². The number of amides is 1. The van der Waals surface area contributed by atoms with Gasteiger partial charge in [0.1, 0.15) is 10.7 Å². The minimum Gasteiger partial charge on any atom is -0.295 e. The zero-order chi connectivity index (χ0) is 15.4. The zero-order valence-electron chi connectivity index (χ0n) is 12.2. The van der Waals surface area contributed by atoms with Gasteiger partial charge in [0.05, 0.1) is 0 Å². The van der Waals surface area contributed by atoms with Gasteiger partial charge in [0.15, 0.2) is 0 Å². The van der Waals surface area contributed by atoms with Crippen molar-refractivity contribution in [3.63, 3.8) is 0 Å². The summed E-state index contributed by atoms with van der Waals surface area (Å²) in [5.74, 6) is -0.135. The first kappa shape index (κ1) is 15.3. The van der Waals surface area contributed by atoms with Crippen molar-refractivity contribution in [2.45, 2.75) is 39.7 Å². The van der Waals surface area contributed by atoms with Crippen molar-refractivity contribution < 1.29 is 4.79 Å². The molecule has 0 aromatic carbocycles. The van der Waals surface area contributed by atoms with Crippen LogP contribution < -0.4 is 10.9 Å². The van der Waals surface area contributed by atoms with Crippen LogP contribution in [0.15, 0.2) is 16.9 Å². The Morgan fingerprint density at radius 2 is 2.14 bits per heavy atom. The number of hydrogen-bond donors (Lipinski definition) is 1. The number of anilines is 1. The molecule has 1 N–H and O–H groups in total. The molecule has 0 aliphatic heterocycles. The quantitative estimate of drug-likeness (QED) is 0.911. The van der Waals surface area contributed by atoms with Crippen molar-refractivity contribution in [1.82, 2.24) is 20.0 Å². The largest absolute Gasteiger partial charge is 0.295 e. The molecule has 0 atom stereocenters. The average molecular weight is 307 g/mol. The molecule has 0 spiro atoms. The van der Waals surface area contributed by atoms with Gasteiger partial charge in [-0.15, -0.1) is 10.2 Å². The van der Waals surface area contributed by atoms with Crippen LogP contribution in [0.2, 0.25) is 0 Å². The summed E-state index contributed by atoms with van der Waals surface area (Å²) in [5, 5.41) is 15.9.